The molecule has 0 saturated heterocycles. The molecule has 98 valence electrons. The Morgan fingerprint density at radius 1 is 1.11 bits per heavy atom. The molecule has 0 radical (unpaired) electrons. The van der Waals surface area contributed by atoms with Crippen molar-refractivity contribution < 1.29 is 4.74 Å². The van der Waals surface area contributed by atoms with Crippen molar-refractivity contribution >= 4 is 33.4 Å². The Labute approximate surface area is 117 Å². The smallest absolute Gasteiger partial charge is 0.161 e. The summed E-state index contributed by atoms with van der Waals surface area (Å²) in [5.74, 6) is 1.23. The Morgan fingerprint density at radius 2 is 1.89 bits per heavy atom. The molecule has 0 bridgehead atoms. The zero-order valence-corrected chi connectivity index (χ0v) is 12.0. The van der Waals surface area contributed by atoms with E-state index in [1.807, 2.05) is 12.1 Å². The van der Waals surface area contributed by atoms with Crippen molar-refractivity contribution in [1.82, 2.24) is 4.98 Å². The van der Waals surface area contributed by atoms with E-state index >= 15 is 0 Å². The van der Waals surface area contributed by atoms with Gasteiger partial charge in [-0.05, 0) is 29.7 Å². The Hall–Kier alpha value is -1.67. The number of hydrogen-bond acceptors (Lipinski definition) is 1. The van der Waals surface area contributed by atoms with Crippen molar-refractivity contribution in [3.63, 3.8) is 0 Å². The van der Waals surface area contributed by atoms with Crippen LogP contribution in [0.5, 0.6) is 5.75 Å². The van der Waals surface area contributed by atoms with Crippen molar-refractivity contribution in [2.75, 3.05) is 7.11 Å². The van der Waals surface area contributed by atoms with Crippen LogP contribution < -0.4 is 4.74 Å². The van der Waals surface area contributed by atoms with Gasteiger partial charge in [0.25, 0.3) is 0 Å². The molecule has 0 spiro atoms. The Balaban J connectivity index is 2.39. The molecule has 0 unspecified atom stereocenters. The number of H-pyrrole nitrogens is 1. The van der Waals surface area contributed by atoms with Gasteiger partial charge >= 0.3 is 0 Å². The maximum Gasteiger partial charge on any atom is 0.161 e. The first-order valence-corrected chi connectivity index (χ1v) is 6.77. The lowest BCUT2D eigenvalue weighted by Gasteiger charge is -2.05. The summed E-state index contributed by atoms with van der Waals surface area (Å²) >= 11 is 6.17. The Bertz CT molecular complexity index is 758. The molecule has 3 heteroatoms. The van der Waals surface area contributed by atoms with Crippen LogP contribution in [-0.4, -0.2) is 12.1 Å². The quantitative estimate of drug-likeness (QED) is 0.690. The molecule has 1 aromatic heterocycles. The lowest BCUT2D eigenvalue weighted by Crippen LogP contribution is -1.85. The van der Waals surface area contributed by atoms with Crippen LogP contribution in [-0.2, 0) is 0 Å². The number of rotatable bonds is 2. The van der Waals surface area contributed by atoms with Gasteiger partial charge in [0.2, 0.25) is 0 Å². The summed E-state index contributed by atoms with van der Waals surface area (Å²) in [7, 11) is 1.64. The third kappa shape index (κ3) is 1.87. The van der Waals surface area contributed by atoms with Crippen molar-refractivity contribution in [2.45, 2.75) is 19.8 Å². The molecule has 3 rings (SSSR count). The molecule has 3 aromatic rings. The summed E-state index contributed by atoms with van der Waals surface area (Å²) in [6, 6.07) is 10.5. The summed E-state index contributed by atoms with van der Waals surface area (Å²) in [6.07, 6.45) is 0. The van der Waals surface area contributed by atoms with Crippen molar-refractivity contribution in [2.24, 2.45) is 0 Å². The maximum absolute atomic E-state index is 6.17. The van der Waals surface area contributed by atoms with Gasteiger partial charge in [0.05, 0.1) is 17.6 Å². The van der Waals surface area contributed by atoms with Crippen LogP contribution >= 0.6 is 11.6 Å². The van der Waals surface area contributed by atoms with Crippen LogP contribution in [0.4, 0.5) is 0 Å². The number of fused-ring (bicyclic) bond motifs is 3. The number of aromatic nitrogens is 1. The summed E-state index contributed by atoms with van der Waals surface area (Å²) in [4.78, 5) is 3.40. The largest absolute Gasteiger partial charge is 0.493 e. The second-order valence-corrected chi connectivity index (χ2v) is 5.50. The van der Waals surface area contributed by atoms with Gasteiger partial charge in [0.1, 0.15) is 0 Å². The number of ether oxygens (including phenoxy) is 1. The number of methoxy groups -OCH3 is 1. The molecule has 19 heavy (non-hydrogen) atoms. The highest BCUT2D eigenvalue weighted by atomic mass is 35.5. The first-order chi connectivity index (χ1) is 9.11. The van der Waals surface area contributed by atoms with Crippen LogP contribution in [0.25, 0.3) is 21.8 Å². The van der Waals surface area contributed by atoms with Crippen molar-refractivity contribution in [3.05, 3.63) is 40.9 Å². The average Bonchev–Trinajstić information content (AvgIpc) is 2.75. The first kappa shape index (κ1) is 12.4. The van der Waals surface area contributed by atoms with E-state index in [1.54, 1.807) is 7.11 Å². The number of aromatic amines is 1. The standard InChI is InChI=1S/C16H16ClNO/c1-9(2)10-4-7-14-12(8-10)11-5-6-13(17)16(19-3)15(11)18-14/h4-9,18H,1-3H3. The lowest BCUT2D eigenvalue weighted by atomic mass is 10.0. The molecule has 2 nitrogen and oxygen atoms in total. The number of halogens is 1. The highest BCUT2D eigenvalue weighted by molar-refractivity contribution is 6.33. The van der Waals surface area contributed by atoms with E-state index in [0.717, 1.165) is 16.4 Å². The predicted octanol–water partition coefficient (Wildman–Crippen LogP) is 5.11. The van der Waals surface area contributed by atoms with Gasteiger partial charge < -0.3 is 9.72 Å². The lowest BCUT2D eigenvalue weighted by molar-refractivity contribution is 0.419. The average molecular weight is 274 g/mol. The SMILES string of the molecule is COc1c(Cl)ccc2c1[nH]c1ccc(C(C)C)cc12. The summed E-state index contributed by atoms with van der Waals surface area (Å²) in [5, 5.41) is 3.00. The molecule has 0 aliphatic rings. The Kier molecular flexibility index (Phi) is 2.90. The van der Waals surface area contributed by atoms with E-state index in [4.69, 9.17) is 16.3 Å². The van der Waals surface area contributed by atoms with Crippen LogP contribution in [0.2, 0.25) is 5.02 Å². The zero-order chi connectivity index (χ0) is 13.6. The third-order valence-electron chi connectivity index (χ3n) is 3.57. The fourth-order valence-corrected chi connectivity index (χ4v) is 2.73. The van der Waals surface area contributed by atoms with Crippen LogP contribution in [0.3, 0.4) is 0 Å². The normalized spacial score (nSPS) is 11.6. The molecule has 0 aliphatic heterocycles. The van der Waals surface area contributed by atoms with Crippen molar-refractivity contribution in [1.29, 1.82) is 0 Å². The predicted molar refractivity (Wildman–Crippen MR) is 81.5 cm³/mol. The van der Waals surface area contributed by atoms with Gasteiger partial charge in [-0.3, -0.25) is 0 Å². The highest BCUT2D eigenvalue weighted by Crippen LogP contribution is 2.37. The maximum atomic E-state index is 6.17. The third-order valence-corrected chi connectivity index (χ3v) is 3.87. The Morgan fingerprint density at radius 3 is 2.58 bits per heavy atom. The molecular formula is C16H16ClNO. The minimum atomic E-state index is 0.517. The van der Waals surface area contributed by atoms with E-state index in [-0.39, 0.29) is 0 Å². The van der Waals surface area contributed by atoms with Gasteiger partial charge in [0.15, 0.2) is 5.75 Å². The molecule has 0 aliphatic carbocycles. The fraction of sp³-hybridized carbons (Fsp3) is 0.250. The van der Waals surface area contributed by atoms with E-state index in [1.165, 1.54) is 10.9 Å². The fourth-order valence-electron chi connectivity index (χ4n) is 2.49. The molecule has 1 N–H and O–H groups in total. The van der Waals surface area contributed by atoms with Crippen LogP contribution in [0, 0.1) is 0 Å². The highest BCUT2D eigenvalue weighted by Gasteiger charge is 2.12. The summed E-state index contributed by atoms with van der Waals surface area (Å²) < 4.78 is 5.40. The molecule has 0 atom stereocenters. The second-order valence-electron chi connectivity index (χ2n) is 5.09. The van der Waals surface area contributed by atoms with Crippen molar-refractivity contribution in [3.8, 4) is 5.75 Å². The molecule has 1 heterocycles. The number of benzene rings is 2. The van der Waals surface area contributed by atoms with Gasteiger partial charge in [-0.2, -0.15) is 0 Å². The molecule has 0 saturated carbocycles. The van der Waals surface area contributed by atoms with Gasteiger partial charge in [0, 0.05) is 16.3 Å². The second kappa shape index (κ2) is 4.46. The van der Waals surface area contributed by atoms with E-state index in [0.29, 0.717) is 16.7 Å². The number of nitrogens with one attached hydrogen (secondary N) is 1. The molecule has 0 amide bonds. The minimum absolute atomic E-state index is 0.517. The molecular weight excluding hydrogens is 258 g/mol. The monoisotopic (exact) mass is 273 g/mol. The zero-order valence-electron chi connectivity index (χ0n) is 11.3. The van der Waals surface area contributed by atoms with Crippen LogP contribution in [0.1, 0.15) is 25.3 Å². The van der Waals surface area contributed by atoms with Gasteiger partial charge in [-0.15, -0.1) is 0 Å². The first-order valence-electron chi connectivity index (χ1n) is 6.39. The van der Waals surface area contributed by atoms with E-state index in [2.05, 4.69) is 37.0 Å². The minimum Gasteiger partial charge on any atom is -0.493 e. The van der Waals surface area contributed by atoms with Crippen LogP contribution in [0.15, 0.2) is 30.3 Å². The van der Waals surface area contributed by atoms with E-state index in [9.17, 15) is 0 Å². The molecule has 0 fully saturated rings. The summed E-state index contributed by atoms with van der Waals surface area (Å²) in [6.45, 7) is 4.40. The van der Waals surface area contributed by atoms with Gasteiger partial charge in [-0.25, -0.2) is 0 Å². The topological polar surface area (TPSA) is 25.0 Å². The van der Waals surface area contributed by atoms with E-state index < -0.39 is 0 Å². The molecule has 2 aromatic carbocycles. The van der Waals surface area contributed by atoms with Gasteiger partial charge in [-0.1, -0.05) is 37.6 Å². The summed E-state index contributed by atoms with van der Waals surface area (Å²) in [5.41, 5.74) is 3.41. The number of hydrogen-bond donors (Lipinski definition) is 1.